The van der Waals surface area contributed by atoms with E-state index in [0.717, 1.165) is 27.7 Å². The standard InChI is InChI=1S/C23H19FN4O/c1-16-21(14-26-27-23(29)18-10-12-25-13-11-18)20-4-2-3-5-22(20)28(16)15-17-6-8-19(24)9-7-17/h2-14H,15H2,1H3,(H,27,29)/b26-14-. The van der Waals surface area contributed by atoms with E-state index in [4.69, 9.17) is 0 Å². The Balaban J connectivity index is 1.63. The first-order chi connectivity index (χ1) is 14.1. The lowest BCUT2D eigenvalue weighted by Crippen LogP contribution is -2.17. The summed E-state index contributed by atoms with van der Waals surface area (Å²) in [6, 6.07) is 17.8. The van der Waals surface area contributed by atoms with Gasteiger partial charge in [-0.25, -0.2) is 9.82 Å². The van der Waals surface area contributed by atoms with E-state index in [1.807, 2.05) is 31.2 Å². The second-order valence-corrected chi connectivity index (χ2v) is 6.66. The van der Waals surface area contributed by atoms with E-state index in [1.165, 1.54) is 12.1 Å². The lowest BCUT2D eigenvalue weighted by atomic mass is 10.1. The average molecular weight is 386 g/mol. The summed E-state index contributed by atoms with van der Waals surface area (Å²) in [4.78, 5) is 16.1. The molecule has 29 heavy (non-hydrogen) atoms. The summed E-state index contributed by atoms with van der Waals surface area (Å²) < 4.78 is 15.4. The van der Waals surface area contributed by atoms with E-state index in [2.05, 4.69) is 20.1 Å². The van der Waals surface area contributed by atoms with Gasteiger partial charge in [0.15, 0.2) is 0 Å². The van der Waals surface area contributed by atoms with Crippen LogP contribution in [-0.4, -0.2) is 21.7 Å². The molecule has 0 unspecified atom stereocenters. The summed E-state index contributed by atoms with van der Waals surface area (Å²) in [5.74, 6) is -0.544. The Hall–Kier alpha value is -3.80. The topological polar surface area (TPSA) is 59.3 Å². The first-order valence-electron chi connectivity index (χ1n) is 9.19. The zero-order valence-electron chi connectivity index (χ0n) is 15.8. The number of para-hydroxylation sites is 1. The van der Waals surface area contributed by atoms with Crippen molar-refractivity contribution in [3.63, 3.8) is 0 Å². The van der Waals surface area contributed by atoms with E-state index in [9.17, 15) is 9.18 Å². The van der Waals surface area contributed by atoms with Gasteiger partial charge in [-0.2, -0.15) is 5.10 Å². The third-order valence-electron chi connectivity index (χ3n) is 4.84. The maximum absolute atomic E-state index is 13.2. The van der Waals surface area contributed by atoms with Gasteiger partial charge in [0.05, 0.1) is 6.21 Å². The SMILES string of the molecule is Cc1c(/C=N\NC(=O)c2ccncc2)c2ccccc2n1Cc1ccc(F)cc1. The highest BCUT2D eigenvalue weighted by Crippen LogP contribution is 2.25. The molecule has 4 aromatic rings. The molecule has 2 heterocycles. The Morgan fingerprint density at radius 1 is 1.10 bits per heavy atom. The van der Waals surface area contributed by atoms with Crippen molar-refractivity contribution >= 4 is 23.0 Å². The van der Waals surface area contributed by atoms with Crippen LogP contribution in [0.1, 0.15) is 27.2 Å². The fourth-order valence-corrected chi connectivity index (χ4v) is 3.32. The van der Waals surface area contributed by atoms with Crippen LogP contribution in [0.4, 0.5) is 4.39 Å². The van der Waals surface area contributed by atoms with Gasteiger partial charge >= 0.3 is 0 Å². The molecule has 0 saturated heterocycles. The van der Waals surface area contributed by atoms with Gasteiger partial charge in [-0.05, 0) is 42.8 Å². The van der Waals surface area contributed by atoms with Crippen LogP contribution in [0.5, 0.6) is 0 Å². The summed E-state index contributed by atoms with van der Waals surface area (Å²) >= 11 is 0. The van der Waals surface area contributed by atoms with Crippen molar-refractivity contribution in [2.45, 2.75) is 13.5 Å². The molecular formula is C23H19FN4O. The van der Waals surface area contributed by atoms with Crippen molar-refractivity contribution in [1.29, 1.82) is 0 Å². The fourth-order valence-electron chi connectivity index (χ4n) is 3.32. The van der Waals surface area contributed by atoms with E-state index in [-0.39, 0.29) is 11.7 Å². The monoisotopic (exact) mass is 386 g/mol. The molecule has 0 bridgehead atoms. The molecule has 0 saturated carbocycles. The number of hydrazone groups is 1. The molecule has 0 atom stereocenters. The zero-order valence-corrected chi connectivity index (χ0v) is 15.8. The predicted molar refractivity (Wildman–Crippen MR) is 111 cm³/mol. The zero-order chi connectivity index (χ0) is 20.2. The van der Waals surface area contributed by atoms with Crippen molar-refractivity contribution in [1.82, 2.24) is 15.0 Å². The predicted octanol–water partition coefficient (Wildman–Crippen LogP) is 4.30. The number of nitrogens with one attached hydrogen (secondary N) is 1. The maximum atomic E-state index is 13.2. The fraction of sp³-hybridized carbons (Fsp3) is 0.0870. The van der Waals surface area contributed by atoms with Crippen molar-refractivity contribution < 1.29 is 9.18 Å². The average Bonchev–Trinajstić information content (AvgIpc) is 3.02. The van der Waals surface area contributed by atoms with Crippen LogP contribution in [0.25, 0.3) is 10.9 Å². The maximum Gasteiger partial charge on any atom is 0.271 e. The Morgan fingerprint density at radius 3 is 2.59 bits per heavy atom. The van der Waals surface area contributed by atoms with Gasteiger partial charge in [-0.15, -0.1) is 0 Å². The van der Waals surface area contributed by atoms with Crippen LogP contribution in [0, 0.1) is 12.7 Å². The number of benzene rings is 2. The molecule has 0 aliphatic heterocycles. The highest BCUT2D eigenvalue weighted by atomic mass is 19.1. The number of hydrogen-bond acceptors (Lipinski definition) is 3. The molecular weight excluding hydrogens is 367 g/mol. The number of halogens is 1. The van der Waals surface area contributed by atoms with Gasteiger partial charge in [0.2, 0.25) is 0 Å². The highest BCUT2D eigenvalue weighted by Gasteiger charge is 2.13. The summed E-state index contributed by atoms with van der Waals surface area (Å²) in [7, 11) is 0. The second-order valence-electron chi connectivity index (χ2n) is 6.66. The van der Waals surface area contributed by atoms with E-state index >= 15 is 0 Å². The third kappa shape index (κ3) is 3.91. The lowest BCUT2D eigenvalue weighted by molar-refractivity contribution is 0.0955. The number of carbonyl (C=O) groups is 1. The number of nitrogens with zero attached hydrogens (tertiary/aromatic N) is 3. The Bertz CT molecular complexity index is 1180. The minimum absolute atomic E-state index is 0.249. The minimum atomic E-state index is -0.295. The molecule has 5 nitrogen and oxygen atoms in total. The molecule has 144 valence electrons. The van der Waals surface area contributed by atoms with Crippen LogP contribution >= 0.6 is 0 Å². The van der Waals surface area contributed by atoms with Crippen LogP contribution in [0.15, 0.2) is 78.2 Å². The Morgan fingerprint density at radius 2 is 1.83 bits per heavy atom. The number of fused-ring (bicyclic) bond motifs is 1. The van der Waals surface area contributed by atoms with Crippen molar-refractivity contribution in [2.75, 3.05) is 0 Å². The van der Waals surface area contributed by atoms with Gasteiger partial charge in [0.1, 0.15) is 5.82 Å². The molecule has 1 amide bonds. The largest absolute Gasteiger partial charge is 0.340 e. The van der Waals surface area contributed by atoms with Gasteiger partial charge in [0, 0.05) is 46.7 Å². The summed E-state index contributed by atoms with van der Waals surface area (Å²) in [5, 5.41) is 5.19. The second kappa shape index (κ2) is 8.06. The number of hydrogen-bond donors (Lipinski definition) is 1. The molecule has 1 N–H and O–H groups in total. The van der Waals surface area contributed by atoms with Crippen molar-refractivity contribution in [3.8, 4) is 0 Å². The summed E-state index contributed by atoms with van der Waals surface area (Å²) in [6.45, 7) is 2.62. The molecule has 2 aromatic carbocycles. The number of aromatic nitrogens is 2. The first-order valence-corrected chi connectivity index (χ1v) is 9.19. The molecule has 2 aromatic heterocycles. The number of amides is 1. The van der Waals surface area contributed by atoms with Gasteiger partial charge in [-0.1, -0.05) is 30.3 Å². The molecule has 6 heteroatoms. The molecule has 0 fully saturated rings. The van der Waals surface area contributed by atoms with Crippen LogP contribution < -0.4 is 5.43 Å². The molecule has 0 radical (unpaired) electrons. The van der Waals surface area contributed by atoms with Crippen LogP contribution in [0.2, 0.25) is 0 Å². The van der Waals surface area contributed by atoms with Crippen LogP contribution in [-0.2, 0) is 6.54 Å². The van der Waals surface area contributed by atoms with Crippen molar-refractivity contribution in [2.24, 2.45) is 5.10 Å². The Labute approximate surface area is 167 Å². The van der Waals surface area contributed by atoms with E-state index in [0.29, 0.717) is 12.1 Å². The third-order valence-corrected chi connectivity index (χ3v) is 4.84. The summed E-state index contributed by atoms with van der Waals surface area (Å²) in [6.07, 6.45) is 4.79. The Kier molecular flexibility index (Phi) is 5.16. The van der Waals surface area contributed by atoms with Gasteiger partial charge < -0.3 is 4.57 Å². The van der Waals surface area contributed by atoms with E-state index < -0.39 is 0 Å². The number of pyridine rings is 1. The minimum Gasteiger partial charge on any atom is -0.340 e. The lowest BCUT2D eigenvalue weighted by Gasteiger charge is -2.08. The molecule has 0 aliphatic carbocycles. The molecule has 4 rings (SSSR count). The van der Waals surface area contributed by atoms with Gasteiger partial charge in [-0.3, -0.25) is 9.78 Å². The quantitative estimate of drug-likeness (QED) is 0.411. The van der Waals surface area contributed by atoms with Crippen molar-refractivity contribution in [3.05, 3.63) is 101 Å². The van der Waals surface area contributed by atoms with E-state index in [1.54, 1.807) is 42.9 Å². The first kappa shape index (κ1) is 18.6. The summed E-state index contributed by atoms with van der Waals surface area (Å²) in [5.41, 5.74) is 7.05. The molecule has 0 spiro atoms. The number of carbonyl (C=O) groups excluding carboxylic acids is 1. The van der Waals surface area contributed by atoms with Gasteiger partial charge in [0.25, 0.3) is 5.91 Å². The number of rotatable bonds is 5. The molecule has 0 aliphatic rings. The normalized spacial score (nSPS) is 11.2. The van der Waals surface area contributed by atoms with Crippen LogP contribution in [0.3, 0.4) is 0 Å². The highest BCUT2D eigenvalue weighted by molar-refractivity contribution is 6.02. The smallest absolute Gasteiger partial charge is 0.271 e.